The number of nitrogens with zero attached hydrogens (tertiary/aromatic N) is 3. The third-order valence-electron chi connectivity index (χ3n) is 1.89. The Morgan fingerprint density at radius 3 is 2.69 bits per heavy atom. The molecule has 1 aromatic rings. The molecule has 7 nitrogen and oxygen atoms in total. The lowest BCUT2D eigenvalue weighted by molar-refractivity contribution is -0.390. The third kappa shape index (κ3) is 2.63. The zero-order valence-corrected chi connectivity index (χ0v) is 9.10. The van der Waals surface area contributed by atoms with Crippen LogP contribution in [0.1, 0.15) is 23.5 Å². The molecule has 0 saturated heterocycles. The molecule has 86 valence electrons. The molecule has 0 unspecified atom stereocenters. The van der Waals surface area contributed by atoms with Gasteiger partial charge in [0.15, 0.2) is 0 Å². The monoisotopic (exact) mass is 245 g/mol. The van der Waals surface area contributed by atoms with Crippen molar-refractivity contribution >= 4 is 28.6 Å². The average Bonchev–Trinajstić information content (AvgIpc) is 2.56. The smallest absolute Gasteiger partial charge is 0.350 e. The van der Waals surface area contributed by atoms with Crippen molar-refractivity contribution in [1.82, 2.24) is 9.55 Å². The SMILES string of the molecule is Cc1ncc([N+](=O)[O-])n1C(=O)CCC(=O)Cl. The number of carbonyl (C=O) groups excluding carboxylic acids is 2. The number of nitro groups is 1. The number of imidazole rings is 1. The van der Waals surface area contributed by atoms with E-state index in [1.807, 2.05) is 0 Å². The molecule has 0 aliphatic heterocycles. The molecule has 1 aromatic heterocycles. The van der Waals surface area contributed by atoms with Crippen LogP contribution < -0.4 is 0 Å². The van der Waals surface area contributed by atoms with Crippen molar-refractivity contribution in [3.8, 4) is 0 Å². The minimum Gasteiger partial charge on any atom is -0.358 e. The van der Waals surface area contributed by atoms with Gasteiger partial charge in [0.25, 0.3) is 0 Å². The Bertz CT molecular complexity index is 454. The molecule has 16 heavy (non-hydrogen) atoms. The average molecular weight is 246 g/mol. The molecule has 0 spiro atoms. The summed E-state index contributed by atoms with van der Waals surface area (Å²) in [6.07, 6.45) is 0.658. The van der Waals surface area contributed by atoms with E-state index in [4.69, 9.17) is 11.6 Å². The van der Waals surface area contributed by atoms with Gasteiger partial charge in [0.2, 0.25) is 11.1 Å². The summed E-state index contributed by atoms with van der Waals surface area (Å²) in [6.45, 7) is 1.47. The number of halogens is 1. The molecule has 0 aromatic carbocycles. The standard InChI is InChI=1S/C8H8ClN3O4/c1-5-10-4-7(12(15)16)11(5)8(14)3-2-6(9)13/h4H,2-3H2,1H3. The van der Waals surface area contributed by atoms with E-state index in [-0.39, 0.29) is 18.7 Å². The second-order valence-electron chi connectivity index (χ2n) is 3.00. The molecule has 1 heterocycles. The fraction of sp³-hybridized carbons (Fsp3) is 0.375. The first kappa shape index (κ1) is 12.3. The van der Waals surface area contributed by atoms with Gasteiger partial charge in [-0.25, -0.2) is 9.78 Å². The van der Waals surface area contributed by atoms with Crippen LogP contribution in [0, 0.1) is 17.0 Å². The highest BCUT2D eigenvalue weighted by Crippen LogP contribution is 2.14. The van der Waals surface area contributed by atoms with E-state index < -0.39 is 21.9 Å². The van der Waals surface area contributed by atoms with E-state index in [1.165, 1.54) is 6.92 Å². The Morgan fingerprint density at radius 2 is 2.19 bits per heavy atom. The van der Waals surface area contributed by atoms with Crippen molar-refractivity contribution in [1.29, 1.82) is 0 Å². The molecule has 0 aliphatic rings. The van der Waals surface area contributed by atoms with Gasteiger partial charge in [-0.3, -0.25) is 4.79 Å². The highest BCUT2D eigenvalue weighted by atomic mass is 35.5. The van der Waals surface area contributed by atoms with Crippen molar-refractivity contribution in [2.75, 3.05) is 0 Å². The van der Waals surface area contributed by atoms with Gasteiger partial charge in [-0.15, -0.1) is 4.57 Å². The molecule has 0 aliphatic carbocycles. The minimum absolute atomic E-state index is 0.158. The fourth-order valence-electron chi connectivity index (χ4n) is 1.19. The summed E-state index contributed by atoms with van der Waals surface area (Å²) in [5.41, 5.74) is 0. The van der Waals surface area contributed by atoms with E-state index in [9.17, 15) is 19.7 Å². The number of aryl methyl sites for hydroxylation is 1. The summed E-state index contributed by atoms with van der Waals surface area (Å²) in [4.78, 5) is 35.6. The molecular weight excluding hydrogens is 238 g/mol. The van der Waals surface area contributed by atoms with Crippen LogP contribution in [0.3, 0.4) is 0 Å². The summed E-state index contributed by atoms with van der Waals surface area (Å²) in [6, 6.07) is 0. The van der Waals surface area contributed by atoms with E-state index in [0.29, 0.717) is 0 Å². The van der Waals surface area contributed by atoms with Gasteiger partial charge in [-0.1, -0.05) is 0 Å². The zero-order chi connectivity index (χ0) is 12.3. The zero-order valence-electron chi connectivity index (χ0n) is 8.34. The molecule has 0 amide bonds. The van der Waals surface area contributed by atoms with E-state index in [0.717, 1.165) is 10.8 Å². The van der Waals surface area contributed by atoms with Crippen LogP contribution >= 0.6 is 11.6 Å². The Morgan fingerprint density at radius 1 is 1.56 bits per heavy atom. The van der Waals surface area contributed by atoms with Crippen LogP contribution in [-0.4, -0.2) is 25.6 Å². The Kier molecular flexibility index (Phi) is 3.73. The summed E-state index contributed by atoms with van der Waals surface area (Å²) < 4.78 is 0.861. The fourth-order valence-corrected chi connectivity index (χ4v) is 1.28. The highest BCUT2D eigenvalue weighted by Gasteiger charge is 2.24. The van der Waals surface area contributed by atoms with Crippen molar-refractivity contribution in [3.05, 3.63) is 22.1 Å². The molecule has 1 rings (SSSR count). The largest absolute Gasteiger partial charge is 0.358 e. The summed E-state index contributed by atoms with van der Waals surface area (Å²) >= 11 is 5.08. The summed E-state index contributed by atoms with van der Waals surface area (Å²) in [5.74, 6) is -0.779. The second-order valence-corrected chi connectivity index (χ2v) is 3.43. The van der Waals surface area contributed by atoms with Crippen molar-refractivity contribution in [3.63, 3.8) is 0 Å². The van der Waals surface area contributed by atoms with Crippen molar-refractivity contribution in [2.24, 2.45) is 0 Å². The van der Waals surface area contributed by atoms with Gasteiger partial charge in [0.05, 0.1) is 6.42 Å². The maximum atomic E-state index is 11.6. The highest BCUT2D eigenvalue weighted by molar-refractivity contribution is 6.63. The predicted molar refractivity (Wildman–Crippen MR) is 54.3 cm³/mol. The van der Waals surface area contributed by atoms with Gasteiger partial charge in [-0.2, -0.15) is 0 Å². The van der Waals surface area contributed by atoms with Crippen LogP contribution in [0.2, 0.25) is 0 Å². The lowest BCUT2D eigenvalue weighted by Gasteiger charge is -1.99. The van der Waals surface area contributed by atoms with Gasteiger partial charge in [0, 0.05) is 13.3 Å². The normalized spacial score (nSPS) is 10.1. The molecule has 0 radical (unpaired) electrons. The first-order valence-corrected chi connectivity index (χ1v) is 4.71. The van der Waals surface area contributed by atoms with Crippen molar-refractivity contribution < 1.29 is 14.5 Å². The Balaban J connectivity index is 2.94. The Labute approximate surface area is 95.2 Å². The van der Waals surface area contributed by atoms with Crippen LogP contribution in [0.15, 0.2) is 6.20 Å². The third-order valence-corrected chi connectivity index (χ3v) is 2.08. The van der Waals surface area contributed by atoms with Crippen LogP contribution in [-0.2, 0) is 4.79 Å². The lowest BCUT2D eigenvalue weighted by Crippen LogP contribution is -2.15. The van der Waals surface area contributed by atoms with E-state index in [1.54, 1.807) is 0 Å². The summed E-state index contributed by atoms with van der Waals surface area (Å²) in [7, 11) is 0. The predicted octanol–water partition coefficient (Wildman–Crippen LogP) is 1.29. The van der Waals surface area contributed by atoms with Gasteiger partial charge in [0.1, 0.15) is 6.20 Å². The van der Waals surface area contributed by atoms with Crippen LogP contribution in [0.25, 0.3) is 0 Å². The van der Waals surface area contributed by atoms with Crippen LogP contribution in [0.5, 0.6) is 0 Å². The molecule has 0 N–H and O–H groups in total. The van der Waals surface area contributed by atoms with E-state index >= 15 is 0 Å². The number of hydrogen-bond donors (Lipinski definition) is 0. The number of carbonyl (C=O) groups is 2. The topological polar surface area (TPSA) is 95.1 Å². The molecule has 0 fully saturated rings. The number of aromatic nitrogens is 2. The maximum Gasteiger partial charge on any atom is 0.350 e. The van der Waals surface area contributed by atoms with Gasteiger partial charge >= 0.3 is 11.7 Å². The molecule has 8 heteroatoms. The molecular formula is C8H8ClN3O4. The second kappa shape index (κ2) is 4.84. The van der Waals surface area contributed by atoms with Crippen molar-refractivity contribution in [2.45, 2.75) is 19.8 Å². The van der Waals surface area contributed by atoms with E-state index in [2.05, 4.69) is 4.98 Å². The summed E-state index contributed by atoms with van der Waals surface area (Å²) in [5, 5.41) is 9.92. The van der Waals surface area contributed by atoms with Gasteiger partial charge in [-0.05, 0) is 16.5 Å². The maximum absolute atomic E-state index is 11.6. The van der Waals surface area contributed by atoms with Gasteiger partial charge < -0.3 is 10.1 Å². The lowest BCUT2D eigenvalue weighted by atomic mass is 10.3. The molecule has 0 saturated carbocycles. The first-order valence-electron chi connectivity index (χ1n) is 4.33. The molecule has 0 atom stereocenters. The first-order chi connectivity index (χ1) is 7.43. The van der Waals surface area contributed by atoms with Crippen LogP contribution in [0.4, 0.5) is 5.82 Å². The number of rotatable bonds is 4. The minimum atomic E-state index is -0.708. The number of hydrogen-bond acceptors (Lipinski definition) is 5. The Hall–Kier alpha value is -1.76. The molecule has 0 bridgehead atoms. The quantitative estimate of drug-likeness (QED) is 0.452.